The number of carbonyl (C=O) groups is 1. The molecule has 0 amide bonds. The molecule has 0 saturated carbocycles. The summed E-state index contributed by atoms with van der Waals surface area (Å²) in [6.07, 6.45) is 4.98. The highest BCUT2D eigenvalue weighted by Crippen LogP contribution is 2.12. The lowest BCUT2D eigenvalue weighted by molar-refractivity contribution is -0.104. The van der Waals surface area contributed by atoms with Crippen LogP contribution in [0.25, 0.3) is 6.08 Å². The van der Waals surface area contributed by atoms with Crippen LogP contribution < -0.4 is 0 Å². The van der Waals surface area contributed by atoms with E-state index in [9.17, 15) is 4.79 Å². The number of allylic oxidation sites excluding steroid dienone is 1. The Hall–Kier alpha value is -2.19. The summed E-state index contributed by atoms with van der Waals surface area (Å²) in [5.41, 5.74) is 3.45. The number of ether oxygens (including phenoxy) is 1. The average molecular weight is 266 g/mol. The fourth-order valence-corrected chi connectivity index (χ4v) is 2.01. The minimum absolute atomic E-state index is 0.632. The lowest BCUT2D eigenvalue weighted by Crippen LogP contribution is -2.00. The molecular formula is C18H18O2. The molecule has 0 atom stereocenters. The number of rotatable bonds is 7. The third-order valence-corrected chi connectivity index (χ3v) is 3.04. The van der Waals surface area contributed by atoms with Crippen LogP contribution in [0, 0.1) is 0 Å². The molecule has 0 radical (unpaired) electrons. The van der Waals surface area contributed by atoms with E-state index in [-0.39, 0.29) is 0 Å². The van der Waals surface area contributed by atoms with Crippen molar-refractivity contribution in [1.82, 2.24) is 0 Å². The second-order valence-electron chi connectivity index (χ2n) is 4.48. The summed E-state index contributed by atoms with van der Waals surface area (Å²) in [5, 5.41) is 0. The molecule has 2 rings (SSSR count). The van der Waals surface area contributed by atoms with Gasteiger partial charge in [-0.25, -0.2) is 0 Å². The number of carbonyl (C=O) groups excluding carboxylic acids is 1. The minimum Gasteiger partial charge on any atom is -0.376 e. The zero-order valence-electron chi connectivity index (χ0n) is 11.4. The van der Waals surface area contributed by atoms with Gasteiger partial charge in [0.15, 0.2) is 0 Å². The summed E-state index contributed by atoms with van der Waals surface area (Å²) in [7, 11) is 0. The van der Waals surface area contributed by atoms with Gasteiger partial charge in [0.1, 0.15) is 6.29 Å². The minimum atomic E-state index is 0.632. The van der Waals surface area contributed by atoms with Crippen molar-refractivity contribution in [3.8, 4) is 0 Å². The van der Waals surface area contributed by atoms with Gasteiger partial charge in [-0.05, 0) is 29.2 Å². The van der Waals surface area contributed by atoms with E-state index in [1.807, 2.05) is 42.5 Å². The molecule has 0 unspecified atom stereocenters. The first kappa shape index (κ1) is 14.2. The SMILES string of the molecule is O=C/C=C/c1ccccc1CCOCc1ccccc1. The van der Waals surface area contributed by atoms with Gasteiger partial charge in [0.25, 0.3) is 0 Å². The van der Waals surface area contributed by atoms with Gasteiger partial charge < -0.3 is 4.74 Å². The molecule has 0 bridgehead atoms. The number of hydrogen-bond acceptors (Lipinski definition) is 2. The van der Waals surface area contributed by atoms with Crippen molar-refractivity contribution < 1.29 is 9.53 Å². The van der Waals surface area contributed by atoms with Gasteiger partial charge in [-0.1, -0.05) is 60.7 Å². The van der Waals surface area contributed by atoms with E-state index in [4.69, 9.17) is 4.74 Å². The van der Waals surface area contributed by atoms with Crippen LogP contribution in [0.3, 0.4) is 0 Å². The molecule has 20 heavy (non-hydrogen) atoms. The highest BCUT2D eigenvalue weighted by molar-refractivity contribution is 5.74. The maximum Gasteiger partial charge on any atom is 0.142 e. The first-order valence-corrected chi connectivity index (χ1v) is 6.71. The Morgan fingerprint density at radius 3 is 2.50 bits per heavy atom. The Morgan fingerprint density at radius 2 is 1.70 bits per heavy atom. The molecule has 2 heteroatoms. The molecule has 0 N–H and O–H groups in total. The predicted octanol–water partition coefficient (Wildman–Crippen LogP) is 3.66. The third-order valence-electron chi connectivity index (χ3n) is 3.04. The van der Waals surface area contributed by atoms with Gasteiger partial charge in [-0.3, -0.25) is 4.79 Å². The normalized spacial score (nSPS) is 10.8. The van der Waals surface area contributed by atoms with Crippen LogP contribution in [0.15, 0.2) is 60.7 Å². The van der Waals surface area contributed by atoms with Crippen LogP contribution in [0.5, 0.6) is 0 Å². The molecular weight excluding hydrogens is 248 g/mol. The molecule has 0 spiro atoms. The van der Waals surface area contributed by atoms with E-state index < -0.39 is 0 Å². The van der Waals surface area contributed by atoms with Crippen molar-refractivity contribution in [3.05, 3.63) is 77.4 Å². The second-order valence-corrected chi connectivity index (χ2v) is 4.48. The van der Waals surface area contributed by atoms with Gasteiger partial charge in [-0.2, -0.15) is 0 Å². The number of benzene rings is 2. The molecule has 2 nitrogen and oxygen atoms in total. The monoisotopic (exact) mass is 266 g/mol. The summed E-state index contributed by atoms with van der Waals surface area (Å²) in [4.78, 5) is 10.4. The van der Waals surface area contributed by atoms with E-state index in [0.29, 0.717) is 13.2 Å². The lowest BCUT2D eigenvalue weighted by atomic mass is 10.0. The van der Waals surface area contributed by atoms with Gasteiger partial charge >= 0.3 is 0 Å². The third kappa shape index (κ3) is 4.48. The van der Waals surface area contributed by atoms with Crippen molar-refractivity contribution in [2.75, 3.05) is 6.61 Å². The van der Waals surface area contributed by atoms with Crippen LogP contribution in [0.2, 0.25) is 0 Å². The number of hydrogen-bond donors (Lipinski definition) is 0. The summed E-state index contributed by atoms with van der Waals surface area (Å²) >= 11 is 0. The fraction of sp³-hybridized carbons (Fsp3) is 0.167. The molecule has 0 aliphatic carbocycles. The first-order valence-electron chi connectivity index (χ1n) is 6.71. The van der Waals surface area contributed by atoms with E-state index >= 15 is 0 Å². The first-order chi connectivity index (χ1) is 9.90. The topological polar surface area (TPSA) is 26.3 Å². The maximum atomic E-state index is 10.4. The standard InChI is InChI=1S/C18H18O2/c19-13-6-11-17-9-4-5-10-18(17)12-14-20-15-16-7-2-1-3-8-16/h1-11,13H,12,14-15H2/b11-6+. The Kier molecular flexibility index (Phi) is 5.74. The Bertz CT molecular complexity index is 559. The smallest absolute Gasteiger partial charge is 0.142 e. The summed E-state index contributed by atoms with van der Waals surface area (Å²) in [6, 6.07) is 18.2. The summed E-state index contributed by atoms with van der Waals surface area (Å²) in [6.45, 7) is 1.30. The molecule has 0 aliphatic rings. The van der Waals surface area contributed by atoms with E-state index in [1.54, 1.807) is 0 Å². The van der Waals surface area contributed by atoms with Gasteiger partial charge in [0.05, 0.1) is 13.2 Å². The number of aldehydes is 1. The van der Waals surface area contributed by atoms with Crippen LogP contribution in [-0.2, 0) is 22.6 Å². The van der Waals surface area contributed by atoms with E-state index in [0.717, 1.165) is 18.3 Å². The molecule has 0 aromatic heterocycles. The van der Waals surface area contributed by atoms with E-state index in [1.165, 1.54) is 17.2 Å². The largest absolute Gasteiger partial charge is 0.376 e. The summed E-state index contributed by atoms with van der Waals surface area (Å²) in [5.74, 6) is 0. The second kappa shape index (κ2) is 8.08. The molecule has 102 valence electrons. The van der Waals surface area contributed by atoms with Crippen molar-refractivity contribution in [2.24, 2.45) is 0 Å². The Balaban J connectivity index is 1.85. The van der Waals surface area contributed by atoms with E-state index in [2.05, 4.69) is 18.2 Å². The van der Waals surface area contributed by atoms with Gasteiger partial charge in [0.2, 0.25) is 0 Å². The molecule has 2 aromatic rings. The van der Waals surface area contributed by atoms with Crippen LogP contribution in [0.1, 0.15) is 16.7 Å². The molecule has 2 aromatic carbocycles. The quantitative estimate of drug-likeness (QED) is 0.434. The van der Waals surface area contributed by atoms with Crippen LogP contribution in [-0.4, -0.2) is 12.9 Å². The highest BCUT2D eigenvalue weighted by Gasteiger charge is 1.99. The summed E-state index contributed by atoms with van der Waals surface area (Å²) < 4.78 is 5.69. The maximum absolute atomic E-state index is 10.4. The fourth-order valence-electron chi connectivity index (χ4n) is 2.01. The van der Waals surface area contributed by atoms with Crippen molar-refractivity contribution in [1.29, 1.82) is 0 Å². The molecule has 0 aliphatic heterocycles. The Labute approximate surface area is 119 Å². The molecule has 0 fully saturated rings. The zero-order valence-corrected chi connectivity index (χ0v) is 11.4. The van der Waals surface area contributed by atoms with Crippen LogP contribution in [0.4, 0.5) is 0 Å². The highest BCUT2D eigenvalue weighted by atomic mass is 16.5. The average Bonchev–Trinajstić information content (AvgIpc) is 2.51. The zero-order chi connectivity index (χ0) is 14.0. The van der Waals surface area contributed by atoms with Crippen molar-refractivity contribution >= 4 is 12.4 Å². The lowest BCUT2D eigenvalue weighted by Gasteiger charge is -2.07. The predicted molar refractivity (Wildman–Crippen MR) is 81.3 cm³/mol. The van der Waals surface area contributed by atoms with Gasteiger partial charge in [0, 0.05) is 0 Å². The van der Waals surface area contributed by atoms with Gasteiger partial charge in [-0.15, -0.1) is 0 Å². The van der Waals surface area contributed by atoms with Crippen molar-refractivity contribution in [2.45, 2.75) is 13.0 Å². The molecule has 0 heterocycles. The Morgan fingerprint density at radius 1 is 0.950 bits per heavy atom. The van der Waals surface area contributed by atoms with Crippen LogP contribution >= 0.6 is 0 Å². The molecule has 0 saturated heterocycles. The van der Waals surface area contributed by atoms with Crippen molar-refractivity contribution in [3.63, 3.8) is 0 Å².